The van der Waals surface area contributed by atoms with Gasteiger partial charge in [-0.1, -0.05) is 11.1 Å². The van der Waals surface area contributed by atoms with Gasteiger partial charge in [0.05, 0.1) is 0 Å². The van der Waals surface area contributed by atoms with Crippen LogP contribution >= 0.6 is 0 Å². The second kappa shape index (κ2) is 4.02. The molecule has 0 radical (unpaired) electrons. The number of Topliss-reactive ketones (excluding diaryl/α,β-unsaturated/α-hetero) is 2. The summed E-state index contributed by atoms with van der Waals surface area (Å²) in [5, 5.41) is 10.4. The van der Waals surface area contributed by atoms with Crippen LogP contribution in [0.5, 0.6) is 0 Å². The largest absolute Gasteiger partial charge is 0.382 e. The summed E-state index contributed by atoms with van der Waals surface area (Å²) in [7, 11) is 0. The third-order valence-electron chi connectivity index (χ3n) is 5.18. The van der Waals surface area contributed by atoms with Crippen molar-refractivity contribution in [2.24, 2.45) is 11.8 Å². The lowest BCUT2D eigenvalue weighted by Gasteiger charge is -2.33. The quantitative estimate of drug-likeness (QED) is 0.724. The first-order valence-corrected chi connectivity index (χ1v) is 6.95. The van der Waals surface area contributed by atoms with Crippen LogP contribution < -0.4 is 0 Å². The van der Waals surface area contributed by atoms with E-state index in [2.05, 4.69) is 0 Å². The van der Waals surface area contributed by atoms with Gasteiger partial charge in [-0.05, 0) is 50.9 Å². The van der Waals surface area contributed by atoms with Crippen LogP contribution in [0.4, 0.5) is 0 Å². The Bertz CT molecular complexity index is 449. The monoisotopic (exact) mass is 248 g/mol. The van der Waals surface area contributed by atoms with Crippen molar-refractivity contribution in [2.75, 3.05) is 0 Å². The molecule has 1 fully saturated rings. The van der Waals surface area contributed by atoms with E-state index in [1.165, 1.54) is 18.1 Å². The first-order valence-electron chi connectivity index (χ1n) is 6.95. The smallest absolute Gasteiger partial charge is 0.161 e. The molecule has 0 spiro atoms. The van der Waals surface area contributed by atoms with E-state index < -0.39 is 5.60 Å². The van der Waals surface area contributed by atoms with E-state index in [1.54, 1.807) is 0 Å². The Morgan fingerprint density at radius 3 is 2.78 bits per heavy atom. The van der Waals surface area contributed by atoms with Crippen LogP contribution in [0.1, 0.15) is 51.9 Å². The highest BCUT2D eigenvalue weighted by Crippen LogP contribution is 2.52. The van der Waals surface area contributed by atoms with Crippen LogP contribution in [0.25, 0.3) is 0 Å². The van der Waals surface area contributed by atoms with Gasteiger partial charge in [0.25, 0.3) is 0 Å². The number of fused-ring (bicyclic) bond motifs is 2. The summed E-state index contributed by atoms with van der Waals surface area (Å²) < 4.78 is 0. The predicted molar refractivity (Wildman–Crippen MR) is 67.0 cm³/mol. The van der Waals surface area contributed by atoms with E-state index in [0.29, 0.717) is 43.3 Å². The highest BCUT2D eigenvalue weighted by molar-refractivity contribution is 5.85. The lowest BCUT2D eigenvalue weighted by Crippen LogP contribution is -2.34. The van der Waals surface area contributed by atoms with E-state index in [0.717, 1.165) is 19.3 Å². The van der Waals surface area contributed by atoms with Gasteiger partial charge in [-0.25, -0.2) is 0 Å². The number of rotatable bonds is 1. The van der Waals surface area contributed by atoms with Crippen molar-refractivity contribution < 1.29 is 14.7 Å². The lowest BCUT2D eigenvalue weighted by atomic mass is 9.71. The summed E-state index contributed by atoms with van der Waals surface area (Å²) in [5.74, 6) is 1.07. The number of hydrogen-bond donors (Lipinski definition) is 1. The molecule has 0 aromatic carbocycles. The van der Waals surface area contributed by atoms with Crippen LogP contribution in [-0.4, -0.2) is 22.3 Å². The molecule has 0 bridgehead atoms. The lowest BCUT2D eigenvalue weighted by molar-refractivity contribution is -0.134. The maximum absolute atomic E-state index is 11.6. The van der Waals surface area contributed by atoms with Gasteiger partial charge in [-0.2, -0.15) is 0 Å². The van der Waals surface area contributed by atoms with E-state index >= 15 is 0 Å². The molecule has 1 saturated carbocycles. The van der Waals surface area contributed by atoms with Crippen molar-refractivity contribution in [3.63, 3.8) is 0 Å². The Kier molecular flexibility index (Phi) is 2.70. The molecule has 0 unspecified atom stereocenters. The van der Waals surface area contributed by atoms with Crippen molar-refractivity contribution in [3.8, 4) is 0 Å². The first-order chi connectivity index (χ1) is 8.49. The fraction of sp³-hybridized carbons (Fsp3) is 0.733. The summed E-state index contributed by atoms with van der Waals surface area (Å²) in [6.45, 7) is 1.50. The number of hydrogen-bond acceptors (Lipinski definition) is 3. The highest BCUT2D eigenvalue weighted by atomic mass is 16.3. The third-order valence-corrected chi connectivity index (χ3v) is 5.18. The second-order valence-corrected chi connectivity index (χ2v) is 6.25. The molecule has 3 atom stereocenters. The Balaban J connectivity index is 1.89. The van der Waals surface area contributed by atoms with Crippen molar-refractivity contribution in [1.29, 1.82) is 0 Å². The van der Waals surface area contributed by atoms with Crippen molar-refractivity contribution >= 4 is 11.6 Å². The van der Waals surface area contributed by atoms with Gasteiger partial charge >= 0.3 is 0 Å². The van der Waals surface area contributed by atoms with Crippen molar-refractivity contribution in [3.05, 3.63) is 11.1 Å². The van der Waals surface area contributed by atoms with Crippen LogP contribution in [0.15, 0.2) is 11.1 Å². The third kappa shape index (κ3) is 1.76. The number of allylic oxidation sites excluding steroid dienone is 2. The van der Waals surface area contributed by atoms with E-state index in [1.807, 2.05) is 0 Å². The molecular weight excluding hydrogens is 228 g/mol. The molecule has 3 nitrogen and oxygen atoms in total. The zero-order valence-electron chi connectivity index (χ0n) is 10.9. The zero-order valence-corrected chi connectivity index (χ0v) is 10.9. The Morgan fingerprint density at radius 1 is 1.28 bits per heavy atom. The second-order valence-electron chi connectivity index (χ2n) is 6.25. The summed E-state index contributed by atoms with van der Waals surface area (Å²) in [4.78, 5) is 23.1. The SMILES string of the molecule is CC(=O)[C@@]1(O)C[C@H]2CCC3=C(CCC(=O)C3)[C@@H]2C1. The molecule has 3 aliphatic rings. The molecule has 1 N–H and O–H groups in total. The van der Waals surface area contributed by atoms with Gasteiger partial charge < -0.3 is 5.11 Å². The van der Waals surface area contributed by atoms with Gasteiger partial charge in [0.15, 0.2) is 5.78 Å². The number of carbonyl (C=O) groups is 2. The van der Waals surface area contributed by atoms with Crippen LogP contribution in [0, 0.1) is 11.8 Å². The summed E-state index contributed by atoms with van der Waals surface area (Å²) in [6.07, 6.45) is 5.38. The topological polar surface area (TPSA) is 54.4 Å². The van der Waals surface area contributed by atoms with Gasteiger partial charge in [0.2, 0.25) is 0 Å². The van der Waals surface area contributed by atoms with Gasteiger partial charge in [-0.3, -0.25) is 9.59 Å². The van der Waals surface area contributed by atoms with Crippen LogP contribution in [0.2, 0.25) is 0 Å². The van der Waals surface area contributed by atoms with E-state index in [9.17, 15) is 14.7 Å². The first kappa shape index (κ1) is 12.1. The molecule has 0 saturated heterocycles. The maximum Gasteiger partial charge on any atom is 0.161 e. The molecule has 0 aromatic heterocycles. The molecule has 0 aromatic rings. The molecule has 0 heterocycles. The number of aliphatic hydroxyl groups is 1. The van der Waals surface area contributed by atoms with Crippen molar-refractivity contribution in [2.45, 2.75) is 57.5 Å². The summed E-state index contributed by atoms with van der Waals surface area (Å²) in [5.41, 5.74) is 1.63. The van der Waals surface area contributed by atoms with Gasteiger partial charge in [0, 0.05) is 12.8 Å². The molecule has 0 amide bonds. The fourth-order valence-corrected chi connectivity index (χ4v) is 4.14. The van der Waals surface area contributed by atoms with Gasteiger partial charge in [-0.15, -0.1) is 0 Å². The molecule has 3 aliphatic carbocycles. The minimum absolute atomic E-state index is 0.0917. The molecule has 3 rings (SSSR count). The average Bonchev–Trinajstić information content (AvgIpc) is 2.67. The normalized spacial score (nSPS) is 39.6. The fourth-order valence-electron chi connectivity index (χ4n) is 4.14. The highest BCUT2D eigenvalue weighted by Gasteiger charge is 2.50. The van der Waals surface area contributed by atoms with Crippen molar-refractivity contribution in [1.82, 2.24) is 0 Å². The van der Waals surface area contributed by atoms with E-state index in [-0.39, 0.29) is 5.78 Å². The minimum Gasteiger partial charge on any atom is -0.382 e. The Labute approximate surface area is 107 Å². The average molecular weight is 248 g/mol. The maximum atomic E-state index is 11.6. The minimum atomic E-state index is -1.10. The Hall–Kier alpha value is -0.960. The predicted octanol–water partition coefficient (Wildman–Crippen LogP) is 2.18. The van der Waals surface area contributed by atoms with Crippen LogP contribution in [0.3, 0.4) is 0 Å². The van der Waals surface area contributed by atoms with E-state index in [4.69, 9.17) is 0 Å². The standard InChI is InChI=1S/C15H20O3/c1-9(16)15(18)7-11-3-2-10-6-12(17)4-5-13(10)14(11)8-15/h11,14,18H,2-8H2,1H3/t11-,14-,15-/m1/s1. The number of carbonyl (C=O) groups excluding carboxylic acids is 2. The zero-order chi connectivity index (χ0) is 12.9. The Morgan fingerprint density at radius 2 is 2.06 bits per heavy atom. The van der Waals surface area contributed by atoms with Gasteiger partial charge in [0.1, 0.15) is 11.4 Å². The molecule has 0 aliphatic heterocycles. The molecule has 18 heavy (non-hydrogen) atoms. The molecule has 3 heteroatoms. The molecule has 98 valence electrons. The molecular formula is C15H20O3. The summed E-state index contributed by atoms with van der Waals surface area (Å²) in [6, 6.07) is 0. The number of ketones is 2. The summed E-state index contributed by atoms with van der Waals surface area (Å²) >= 11 is 0. The van der Waals surface area contributed by atoms with Crippen LogP contribution in [-0.2, 0) is 9.59 Å².